The summed E-state index contributed by atoms with van der Waals surface area (Å²) in [5.41, 5.74) is 0.535. The fourth-order valence-corrected chi connectivity index (χ4v) is 1.75. The summed E-state index contributed by atoms with van der Waals surface area (Å²) in [5, 5.41) is 3.37. The van der Waals surface area contributed by atoms with Gasteiger partial charge in [0.05, 0.1) is 10.6 Å². The second-order valence-corrected chi connectivity index (χ2v) is 4.58. The van der Waals surface area contributed by atoms with E-state index >= 15 is 0 Å². The summed E-state index contributed by atoms with van der Waals surface area (Å²) >= 11 is 9.27. The lowest BCUT2D eigenvalue weighted by Crippen LogP contribution is -2.25. The first-order valence-electron chi connectivity index (χ1n) is 4.43. The van der Waals surface area contributed by atoms with Crippen molar-refractivity contribution in [1.82, 2.24) is 5.32 Å². The van der Waals surface area contributed by atoms with Crippen molar-refractivity contribution >= 4 is 33.4 Å². The number of rotatable bonds is 2. The molecule has 1 aromatic carbocycles. The molecule has 0 spiro atoms. The number of benzene rings is 1. The Kier molecular flexibility index (Phi) is 2.79. The average molecular weight is 275 g/mol. The van der Waals surface area contributed by atoms with Crippen LogP contribution in [0.4, 0.5) is 0 Å². The maximum atomic E-state index is 11.7. The van der Waals surface area contributed by atoms with Gasteiger partial charge in [-0.15, -0.1) is 0 Å². The minimum absolute atomic E-state index is 0.0844. The van der Waals surface area contributed by atoms with Crippen LogP contribution in [0.2, 0.25) is 5.02 Å². The molecule has 0 radical (unpaired) electrons. The molecule has 1 amide bonds. The Morgan fingerprint density at radius 1 is 1.50 bits per heavy atom. The van der Waals surface area contributed by atoms with Crippen molar-refractivity contribution in [2.75, 3.05) is 0 Å². The van der Waals surface area contributed by atoms with E-state index in [4.69, 9.17) is 11.6 Å². The molecule has 0 unspecified atom stereocenters. The van der Waals surface area contributed by atoms with Gasteiger partial charge in [0.1, 0.15) is 0 Å². The summed E-state index contributed by atoms with van der Waals surface area (Å²) in [6, 6.07) is 5.70. The number of halogens is 2. The van der Waals surface area contributed by atoms with Gasteiger partial charge in [-0.3, -0.25) is 4.79 Å². The third-order valence-corrected chi connectivity index (χ3v) is 3.41. The van der Waals surface area contributed by atoms with E-state index < -0.39 is 0 Å². The largest absolute Gasteiger partial charge is 0.349 e. The van der Waals surface area contributed by atoms with E-state index in [1.165, 1.54) is 0 Å². The molecule has 0 aromatic heterocycles. The maximum Gasteiger partial charge on any atom is 0.253 e. The van der Waals surface area contributed by atoms with Crippen molar-refractivity contribution in [1.29, 1.82) is 0 Å². The van der Waals surface area contributed by atoms with E-state index in [2.05, 4.69) is 21.2 Å². The fraction of sp³-hybridized carbons (Fsp3) is 0.300. The molecular weight excluding hydrogens is 265 g/mol. The van der Waals surface area contributed by atoms with E-state index in [0.29, 0.717) is 16.6 Å². The first-order valence-corrected chi connectivity index (χ1v) is 5.60. The van der Waals surface area contributed by atoms with Crippen LogP contribution in [0.25, 0.3) is 0 Å². The van der Waals surface area contributed by atoms with Crippen LogP contribution in [0, 0.1) is 0 Å². The molecule has 14 heavy (non-hydrogen) atoms. The van der Waals surface area contributed by atoms with Gasteiger partial charge in [0.2, 0.25) is 0 Å². The van der Waals surface area contributed by atoms with Gasteiger partial charge in [-0.25, -0.2) is 0 Å². The quantitative estimate of drug-likeness (QED) is 0.882. The molecule has 1 aromatic rings. The van der Waals surface area contributed by atoms with E-state index in [1.807, 2.05) is 6.07 Å². The molecule has 0 aliphatic heterocycles. The van der Waals surface area contributed by atoms with Crippen molar-refractivity contribution in [2.45, 2.75) is 18.9 Å². The Morgan fingerprint density at radius 2 is 2.21 bits per heavy atom. The van der Waals surface area contributed by atoms with Gasteiger partial charge in [-0.05, 0) is 40.9 Å². The molecule has 0 bridgehead atoms. The summed E-state index contributed by atoms with van der Waals surface area (Å²) in [7, 11) is 0. The standard InChI is InChI=1S/C10H9BrClNO/c11-8-3-1-2-7(9(8)12)10(14)13-6-4-5-6/h1-3,6H,4-5H2,(H,13,14). The Hall–Kier alpha value is -0.540. The van der Waals surface area contributed by atoms with Crippen LogP contribution < -0.4 is 5.32 Å². The average Bonchev–Trinajstić information content (AvgIpc) is 2.93. The normalized spacial score (nSPS) is 15.3. The summed E-state index contributed by atoms with van der Waals surface area (Å²) in [5.74, 6) is -0.0844. The molecule has 4 heteroatoms. The lowest BCUT2D eigenvalue weighted by atomic mass is 10.2. The van der Waals surface area contributed by atoms with Gasteiger partial charge in [0.15, 0.2) is 0 Å². The van der Waals surface area contributed by atoms with Gasteiger partial charge in [0.25, 0.3) is 5.91 Å². The molecule has 2 nitrogen and oxygen atoms in total. The lowest BCUT2D eigenvalue weighted by Gasteiger charge is -2.05. The van der Waals surface area contributed by atoms with Gasteiger partial charge in [0, 0.05) is 10.5 Å². The number of carbonyl (C=O) groups excluding carboxylic acids is 1. The predicted octanol–water partition coefficient (Wildman–Crippen LogP) is 2.99. The Balaban J connectivity index is 2.21. The van der Waals surface area contributed by atoms with E-state index in [0.717, 1.165) is 17.3 Å². The Labute approximate surface area is 95.8 Å². The van der Waals surface area contributed by atoms with Crippen molar-refractivity contribution < 1.29 is 4.79 Å². The van der Waals surface area contributed by atoms with Crippen molar-refractivity contribution in [3.8, 4) is 0 Å². The highest BCUT2D eigenvalue weighted by atomic mass is 79.9. The molecule has 74 valence electrons. The molecule has 1 aliphatic rings. The molecule has 0 heterocycles. The predicted molar refractivity (Wildman–Crippen MR) is 59.6 cm³/mol. The van der Waals surface area contributed by atoms with Gasteiger partial charge in [-0.1, -0.05) is 17.7 Å². The third-order valence-electron chi connectivity index (χ3n) is 2.11. The maximum absolute atomic E-state index is 11.7. The van der Waals surface area contributed by atoms with Crippen LogP contribution in [0.5, 0.6) is 0 Å². The van der Waals surface area contributed by atoms with E-state index in [1.54, 1.807) is 12.1 Å². The van der Waals surface area contributed by atoms with E-state index in [9.17, 15) is 4.79 Å². The minimum atomic E-state index is -0.0844. The highest BCUT2D eigenvalue weighted by Crippen LogP contribution is 2.27. The second-order valence-electron chi connectivity index (χ2n) is 3.35. The highest BCUT2D eigenvalue weighted by molar-refractivity contribution is 9.10. The molecule has 2 rings (SSSR count). The van der Waals surface area contributed by atoms with Gasteiger partial charge >= 0.3 is 0 Å². The number of nitrogens with one attached hydrogen (secondary N) is 1. The number of hydrogen-bond donors (Lipinski definition) is 1. The van der Waals surface area contributed by atoms with Gasteiger partial charge in [-0.2, -0.15) is 0 Å². The number of hydrogen-bond acceptors (Lipinski definition) is 1. The van der Waals surface area contributed by atoms with Crippen LogP contribution in [0.15, 0.2) is 22.7 Å². The zero-order valence-electron chi connectivity index (χ0n) is 7.39. The molecular formula is C10H9BrClNO. The zero-order valence-corrected chi connectivity index (χ0v) is 9.73. The summed E-state index contributed by atoms with van der Waals surface area (Å²) < 4.78 is 0.752. The Bertz CT molecular complexity index is 376. The molecule has 1 N–H and O–H groups in total. The number of amides is 1. The molecule has 0 saturated heterocycles. The molecule has 1 aliphatic carbocycles. The summed E-state index contributed by atoms with van der Waals surface area (Å²) in [6.07, 6.45) is 2.16. The summed E-state index contributed by atoms with van der Waals surface area (Å²) in [6.45, 7) is 0. The first-order chi connectivity index (χ1) is 6.68. The van der Waals surface area contributed by atoms with Crippen molar-refractivity contribution in [3.05, 3.63) is 33.3 Å². The fourth-order valence-electron chi connectivity index (χ4n) is 1.17. The van der Waals surface area contributed by atoms with Crippen LogP contribution in [0.3, 0.4) is 0 Å². The van der Waals surface area contributed by atoms with Crippen LogP contribution in [0.1, 0.15) is 23.2 Å². The zero-order chi connectivity index (χ0) is 10.1. The van der Waals surface area contributed by atoms with E-state index in [-0.39, 0.29) is 5.91 Å². The Morgan fingerprint density at radius 3 is 2.86 bits per heavy atom. The van der Waals surface area contributed by atoms with Gasteiger partial charge < -0.3 is 5.32 Å². The first kappa shape index (κ1) is 9.99. The third kappa shape index (κ3) is 2.10. The number of carbonyl (C=O) groups is 1. The second kappa shape index (κ2) is 3.91. The van der Waals surface area contributed by atoms with Crippen LogP contribution >= 0.6 is 27.5 Å². The SMILES string of the molecule is O=C(NC1CC1)c1cccc(Br)c1Cl. The topological polar surface area (TPSA) is 29.1 Å². The summed E-state index contributed by atoms with van der Waals surface area (Å²) in [4.78, 5) is 11.7. The smallest absolute Gasteiger partial charge is 0.253 e. The molecule has 1 saturated carbocycles. The lowest BCUT2D eigenvalue weighted by molar-refractivity contribution is 0.0951. The van der Waals surface area contributed by atoms with Crippen molar-refractivity contribution in [3.63, 3.8) is 0 Å². The monoisotopic (exact) mass is 273 g/mol. The molecule has 1 fully saturated rings. The highest BCUT2D eigenvalue weighted by Gasteiger charge is 2.24. The van der Waals surface area contributed by atoms with Crippen LogP contribution in [-0.4, -0.2) is 11.9 Å². The minimum Gasteiger partial charge on any atom is -0.349 e. The van der Waals surface area contributed by atoms with Crippen molar-refractivity contribution in [2.24, 2.45) is 0 Å². The van der Waals surface area contributed by atoms with Crippen LogP contribution in [-0.2, 0) is 0 Å². The molecule has 0 atom stereocenters.